The molecule has 0 saturated heterocycles. The lowest BCUT2D eigenvalue weighted by Crippen LogP contribution is -2.37. The maximum atomic E-state index is 11.9. The molecule has 4 heteroatoms. The Labute approximate surface area is 102 Å². The molecule has 1 aromatic rings. The van der Waals surface area contributed by atoms with Gasteiger partial charge in [0.05, 0.1) is 17.9 Å². The molecular formula is C13H19N3O. The van der Waals surface area contributed by atoms with Crippen molar-refractivity contribution >= 4 is 17.3 Å². The van der Waals surface area contributed by atoms with E-state index in [1.807, 2.05) is 17.0 Å². The zero-order valence-electron chi connectivity index (χ0n) is 10.2. The first-order chi connectivity index (χ1) is 8.27. The molecule has 1 heterocycles. The van der Waals surface area contributed by atoms with E-state index in [4.69, 9.17) is 5.73 Å². The van der Waals surface area contributed by atoms with Crippen LogP contribution in [0.3, 0.4) is 0 Å². The van der Waals surface area contributed by atoms with Gasteiger partial charge in [0.15, 0.2) is 0 Å². The molecule has 0 aliphatic carbocycles. The standard InChI is InChI=1S/C13H19N3O/c1-2-10-5-3-6-11-13(10)16(12(17)9-14)8-4-7-15-11/h3,5-6,15H,2,4,7-9,14H2,1H3. The molecule has 0 radical (unpaired) electrons. The molecule has 0 spiro atoms. The second-order valence-corrected chi connectivity index (χ2v) is 4.20. The Morgan fingerprint density at radius 1 is 1.53 bits per heavy atom. The first kappa shape index (κ1) is 11.9. The summed E-state index contributed by atoms with van der Waals surface area (Å²) in [5.41, 5.74) is 8.75. The van der Waals surface area contributed by atoms with Gasteiger partial charge in [0.2, 0.25) is 5.91 Å². The van der Waals surface area contributed by atoms with Crippen LogP contribution in [0.5, 0.6) is 0 Å². The number of hydrogen-bond donors (Lipinski definition) is 2. The highest BCUT2D eigenvalue weighted by Crippen LogP contribution is 2.32. The zero-order chi connectivity index (χ0) is 12.3. The van der Waals surface area contributed by atoms with Crippen LogP contribution >= 0.6 is 0 Å². The third-order valence-electron chi connectivity index (χ3n) is 3.12. The third-order valence-corrected chi connectivity index (χ3v) is 3.12. The summed E-state index contributed by atoms with van der Waals surface area (Å²) in [6.45, 7) is 3.81. The number of fused-ring (bicyclic) bond motifs is 1. The first-order valence-corrected chi connectivity index (χ1v) is 6.14. The van der Waals surface area contributed by atoms with Crippen molar-refractivity contribution in [2.24, 2.45) is 5.73 Å². The fourth-order valence-corrected chi connectivity index (χ4v) is 2.27. The third kappa shape index (κ3) is 2.26. The van der Waals surface area contributed by atoms with Gasteiger partial charge >= 0.3 is 0 Å². The number of para-hydroxylation sites is 1. The van der Waals surface area contributed by atoms with Crippen LogP contribution in [-0.2, 0) is 11.2 Å². The van der Waals surface area contributed by atoms with Crippen molar-refractivity contribution in [3.05, 3.63) is 23.8 Å². The van der Waals surface area contributed by atoms with Crippen molar-refractivity contribution in [3.8, 4) is 0 Å². The highest BCUT2D eigenvalue weighted by molar-refractivity contribution is 5.99. The molecule has 4 nitrogen and oxygen atoms in total. The van der Waals surface area contributed by atoms with Crippen LogP contribution in [-0.4, -0.2) is 25.5 Å². The second kappa shape index (κ2) is 5.19. The highest BCUT2D eigenvalue weighted by Gasteiger charge is 2.22. The van der Waals surface area contributed by atoms with Crippen molar-refractivity contribution in [2.75, 3.05) is 29.9 Å². The topological polar surface area (TPSA) is 58.4 Å². The summed E-state index contributed by atoms with van der Waals surface area (Å²) in [5.74, 6) is -0.00384. The number of nitrogens with one attached hydrogen (secondary N) is 1. The Bertz CT molecular complexity index is 417. The van der Waals surface area contributed by atoms with Gasteiger partial charge in [-0.25, -0.2) is 0 Å². The highest BCUT2D eigenvalue weighted by atomic mass is 16.2. The summed E-state index contributed by atoms with van der Waals surface area (Å²) in [6, 6.07) is 6.13. The number of hydrogen-bond acceptors (Lipinski definition) is 3. The number of aryl methyl sites for hydroxylation is 1. The van der Waals surface area contributed by atoms with Crippen LogP contribution in [0.4, 0.5) is 11.4 Å². The van der Waals surface area contributed by atoms with Gasteiger partial charge in [0, 0.05) is 13.1 Å². The van der Waals surface area contributed by atoms with E-state index in [1.54, 1.807) is 0 Å². The van der Waals surface area contributed by atoms with Gasteiger partial charge in [0.25, 0.3) is 0 Å². The first-order valence-electron chi connectivity index (χ1n) is 6.14. The van der Waals surface area contributed by atoms with E-state index in [2.05, 4.69) is 18.3 Å². The smallest absolute Gasteiger partial charge is 0.240 e. The van der Waals surface area contributed by atoms with Crippen LogP contribution in [0.15, 0.2) is 18.2 Å². The number of nitrogens with two attached hydrogens (primary N) is 1. The minimum absolute atomic E-state index is 0.00384. The predicted octanol–water partition coefficient (Wildman–Crippen LogP) is 1.36. The van der Waals surface area contributed by atoms with E-state index >= 15 is 0 Å². The SMILES string of the molecule is CCc1cccc2c1N(C(=O)CN)CCCN2. The summed E-state index contributed by atoms with van der Waals surface area (Å²) in [4.78, 5) is 13.8. The maximum Gasteiger partial charge on any atom is 0.240 e. The summed E-state index contributed by atoms with van der Waals surface area (Å²) in [7, 11) is 0. The van der Waals surface area contributed by atoms with Gasteiger partial charge in [-0.2, -0.15) is 0 Å². The zero-order valence-corrected chi connectivity index (χ0v) is 10.2. The van der Waals surface area contributed by atoms with E-state index in [-0.39, 0.29) is 12.5 Å². The average molecular weight is 233 g/mol. The van der Waals surface area contributed by atoms with Crippen molar-refractivity contribution in [3.63, 3.8) is 0 Å². The molecule has 1 aliphatic rings. The van der Waals surface area contributed by atoms with Gasteiger partial charge < -0.3 is 16.0 Å². The molecule has 1 aromatic carbocycles. The summed E-state index contributed by atoms with van der Waals surface area (Å²) in [5, 5.41) is 3.37. The fraction of sp³-hybridized carbons (Fsp3) is 0.462. The van der Waals surface area contributed by atoms with E-state index in [9.17, 15) is 4.79 Å². The molecule has 0 aromatic heterocycles. The Morgan fingerprint density at radius 2 is 2.35 bits per heavy atom. The van der Waals surface area contributed by atoms with Crippen molar-refractivity contribution < 1.29 is 4.79 Å². The average Bonchev–Trinajstić information content (AvgIpc) is 2.59. The monoisotopic (exact) mass is 233 g/mol. The molecule has 0 fully saturated rings. The molecule has 1 amide bonds. The van der Waals surface area contributed by atoms with Crippen molar-refractivity contribution in [1.82, 2.24) is 0 Å². The van der Waals surface area contributed by atoms with Gasteiger partial charge in [-0.1, -0.05) is 19.1 Å². The minimum Gasteiger partial charge on any atom is -0.383 e. The Morgan fingerprint density at radius 3 is 3.06 bits per heavy atom. The number of amides is 1. The Hall–Kier alpha value is -1.55. The van der Waals surface area contributed by atoms with Crippen molar-refractivity contribution in [1.29, 1.82) is 0 Å². The minimum atomic E-state index is -0.00384. The predicted molar refractivity (Wildman–Crippen MR) is 70.3 cm³/mol. The lowest BCUT2D eigenvalue weighted by atomic mass is 10.1. The number of carbonyl (C=O) groups excluding carboxylic acids is 1. The summed E-state index contributed by atoms with van der Waals surface area (Å²) >= 11 is 0. The van der Waals surface area contributed by atoms with Gasteiger partial charge in [-0.3, -0.25) is 4.79 Å². The number of nitrogens with zero attached hydrogens (tertiary/aromatic N) is 1. The second-order valence-electron chi connectivity index (χ2n) is 4.20. The summed E-state index contributed by atoms with van der Waals surface area (Å²) in [6.07, 6.45) is 1.86. The van der Waals surface area contributed by atoms with Crippen LogP contribution in [0, 0.1) is 0 Å². The molecule has 1 aliphatic heterocycles. The number of carbonyl (C=O) groups is 1. The van der Waals surface area contributed by atoms with Crippen LogP contribution in [0.2, 0.25) is 0 Å². The van der Waals surface area contributed by atoms with Gasteiger partial charge in [-0.15, -0.1) is 0 Å². The largest absolute Gasteiger partial charge is 0.383 e. The number of rotatable bonds is 2. The lowest BCUT2D eigenvalue weighted by Gasteiger charge is -2.24. The molecule has 0 bridgehead atoms. The van der Waals surface area contributed by atoms with E-state index in [1.165, 1.54) is 5.56 Å². The maximum absolute atomic E-state index is 11.9. The molecule has 17 heavy (non-hydrogen) atoms. The number of benzene rings is 1. The fourth-order valence-electron chi connectivity index (χ4n) is 2.27. The molecule has 0 unspecified atom stereocenters. The normalized spacial score (nSPS) is 14.8. The van der Waals surface area contributed by atoms with E-state index in [0.717, 1.165) is 37.3 Å². The Balaban J connectivity index is 2.49. The molecule has 2 rings (SSSR count). The lowest BCUT2D eigenvalue weighted by molar-refractivity contribution is -0.117. The molecule has 3 N–H and O–H groups in total. The van der Waals surface area contributed by atoms with E-state index < -0.39 is 0 Å². The quantitative estimate of drug-likeness (QED) is 0.811. The van der Waals surface area contributed by atoms with Gasteiger partial charge in [-0.05, 0) is 24.5 Å². The number of anilines is 2. The molecule has 0 saturated carbocycles. The van der Waals surface area contributed by atoms with Crippen LogP contribution < -0.4 is 16.0 Å². The van der Waals surface area contributed by atoms with Gasteiger partial charge in [0.1, 0.15) is 0 Å². The molecule has 92 valence electrons. The van der Waals surface area contributed by atoms with Crippen LogP contribution in [0.1, 0.15) is 18.9 Å². The van der Waals surface area contributed by atoms with E-state index in [0.29, 0.717) is 0 Å². The van der Waals surface area contributed by atoms with Crippen molar-refractivity contribution in [2.45, 2.75) is 19.8 Å². The summed E-state index contributed by atoms with van der Waals surface area (Å²) < 4.78 is 0. The Kier molecular flexibility index (Phi) is 3.64. The molecular weight excluding hydrogens is 214 g/mol. The molecule has 0 atom stereocenters. The van der Waals surface area contributed by atoms with Crippen LogP contribution in [0.25, 0.3) is 0 Å².